The number of hydrogen-bond acceptors (Lipinski definition) is 6. The number of aromatic nitrogens is 1. The number of thiazole rings is 1. The number of aliphatic imine (C=N–C) groups is 1. The molecule has 0 fully saturated rings. The van der Waals surface area contributed by atoms with Crippen LogP contribution in [0.2, 0.25) is 5.02 Å². The van der Waals surface area contributed by atoms with Gasteiger partial charge in [0.15, 0.2) is 10.8 Å². The molecule has 1 aliphatic heterocycles. The standard InChI is InChI=1S/C16H13ClFN3O2S/c1-8-12(16(22)23-2)13(10-4-3-9(18)7-11(10)17)21-14(20-8)15-19-5-6-24-15/h3-7,13H,1-2H3,(H,20,21)/t13-/m1/s1. The van der Waals surface area contributed by atoms with Crippen molar-refractivity contribution < 1.29 is 13.9 Å². The van der Waals surface area contributed by atoms with Gasteiger partial charge in [0, 0.05) is 27.9 Å². The lowest BCUT2D eigenvalue weighted by molar-refractivity contribution is -0.136. The van der Waals surface area contributed by atoms with E-state index in [9.17, 15) is 9.18 Å². The largest absolute Gasteiger partial charge is 0.466 e. The zero-order valence-corrected chi connectivity index (χ0v) is 14.4. The van der Waals surface area contributed by atoms with Gasteiger partial charge in [0.1, 0.15) is 11.9 Å². The molecule has 8 heteroatoms. The highest BCUT2D eigenvalue weighted by Gasteiger charge is 2.32. The molecule has 0 bridgehead atoms. The van der Waals surface area contributed by atoms with E-state index in [0.29, 0.717) is 27.7 Å². The van der Waals surface area contributed by atoms with Gasteiger partial charge in [-0.05, 0) is 19.1 Å². The molecule has 0 aliphatic carbocycles. The van der Waals surface area contributed by atoms with Crippen molar-refractivity contribution in [2.45, 2.75) is 13.0 Å². The lowest BCUT2D eigenvalue weighted by Gasteiger charge is -2.25. The topological polar surface area (TPSA) is 63.6 Å². The second-order valence-corrected chi connectivity index (χ2v) is 6.34. The molecule has 0 amide bonds. The predicted octanol–water partition coefficient (Wildman–Crippen LogP) is 3.47. The van der Waals surface area contributed by atoms with Crippen LogP contribution in [0.3, 0.4) is 0 Å². The fraction of sp³-hybridized carbons (Fsp3) is 0.188. The molecule has 5 nitrogen and oxygen atoms in total. The van der Waals surface area contributed by atoms with Crippen molar-refractivity contribution in [3.05, 3.63) is 62.5 Å². The van der Waals surface area contributed by atoms with E-state index in [4.69, 9.17) is 16.3 Å². The highest BCUT2D eigenvalue weighted by molar-refractivity contribution is 7.11. The molecule has 1 atom stereocenters. The summed E-state index contributed by atoms with van der Waals surface area (Å²) in [6.45, 7) is 1.75. The number of allylic oxidation sites excluding steroid dienone is 1. The average Bonchev–Trinajstić information content (AvgIpc) is 3.08. The molecule has 0 saturated carbocycles. The van der Waals surface area contributed by atoms with E-state index in [-0.39, 0.29) is 5.02 Å². The second kappa shape index (κ2) is 6.70. The van der Waals surface area contributed by atoms with E-state index in [2.05, 4.69) is 15.3 Å². The first-order valence-electron chi connectivity index (χ1n) is 7.00. The van der Waals surface area contributed by atoms with Crippen LogP contribution in [-0.2, 0) is 9.53 Å². The molecular formula is C16H13ClFN3O2S. The number of methoxy groups -OCH3 is 1. The first-order valence-corrected chi connectivity index (χ1v) is 8.25. The summed E-state index contributed by atoms with van der Waals surface area (Å²) in [6.07, 6.45) is 1.67. The Labute approximate surface area is 146 Å². The molecule has 3 rings (SSSR count). The quantitative estimate of drug-likeness (QED) is 0.846. The Balaban J connectivity index is 2.14. The fourth-order valence-electron chi connectivity index (χ4n) is 2.45. The first kappa shape index (κ1) is 16.6. The van der Waals surface area contributed by atoms with Crippen LogP contribution >= 0.6 is 22.9 Å². The summed E-state index contributed by atoms with van der Waals surface area (Å²) in [6, 6.07) is 3.30. The van der Waals surface area contributed by atoms with Gasteiger partial charge < -0.3 is 10.1 Å². The lowest BCUT2D eigenvalue weighted by atomic mass is 9.96. The predicted molar refractivity (Wildman–Crippen MR) is 90.7 cm³/mol. The van der Waals surface area contributed by atoms with Gasteiger partial charge in [-0.25, -0.2) is 14.2 Å². The summed E-state index contributed by atoms with van der Waals surface area (Å²) in [4.78, 5) is 21.0. The minimum atomic E-state index is -0.703. The Morgan fingerprint density at radius 2 is 2.25 bits per heavy atom. The van der Waals surface area contributed by atoms with Crippen LogP contribution in [0, 0.1) is 5.82 Å². The van der Waals surface area contributed by atoms with Crippen LogP contribution in [0.5, 0.6) is 0 Å². The Kier molecular flexibility index (Phi) is 4.64. The van der Waals surface area contributed by atoms with Crippen molar-refractivity contribution in [1.29, 1.82) is 0 Å². The van der Waals surface area contributed by atoms with Gasteiger partial charge in [0.05, 0.1) is 12.7 Å². The van der Waals surface area contributed by atoms with E-state index < -0.39 is 17.8 Å². The van der Waals surface area contributed by atoms with E-state index in [1.54, 1.807) is 13.1 Å². The number of amidine groups is 1. The maximum absolute atomic E-state index is 13.4. The van der Waals surface area contributed by atoms with Gasteiger partial charge in [0.25, 0.3) is 0 Å². The van der Waals surface area contributed by atoms with E-state index in [1.807, 2.05) is 5.38 Å². The molecule has 1 N–H and O–H groups in total. The van der Waals surface area contributed by atoms with Crippen LogP contribution in [0.15, 0.2) is 46.0 Å². The van der Waals surface area contributed by atoms with Crippen molar-refractivity contribution in [3.63, 3.8) is 0 Å². The normalized spacial score (nSPS) is 17.3. The lowest BCUT2D eigenvalue weighted by Crippen LogP contribution is -2.32. The Morgan fingerprint density at radius 3 is 2.88 bits per heavy atom. The van der Waals surface area contributed by atoms with Crippen LogP contribution in [0.4, 0.5) is 4.39 Å². The summed E-state index contributed by atoms with van der Waals surface area (Å²) in [7, 11) is 1.30. The average molecular weight is 366 g/mol. The highest BCUT2D eigenvalue weighted by Crippen LogP contribution is 2.36. The number of hydrogen-bond donors (Lipinski definition) is 1. The van der Waals surface area contributed by atoms with Crippen LogP contribution in [-0.4, -0.2) is 23.9 Å². The van der Waals surface area contributed by atoms with Crippen LogP contribution in [0.25, 0.3) is 0 Å². The number of nitrogens with one attached hydrogen (secondary N) is 1. The molecule has 0 radical (unpaired) electrons. The number of ether oxygens (including phenoxy) is 1. The van der Waals surface area contributed by atoms with E-state index in [0.717, 1.165) is 0 Å². The zero-order chi connectivity index (χ0) is 17.3. The number of benzene rings is 1. The van der Waals surface area contributed by atoms with Crippen LogP contribution in [0.1, 0.15) is 23.5 Å². The van der Waals surface area contributed by atoms with Gasteiger partial charge in [-0.2, -0.15) is 0 Å². The van der Waals surface area contributed by atoms with Crippen molar-refractivity contribution >= 4 is 34.7 Å². The van der Waals surface area contributed by atoms with Crippen molar-refractivity contribution in [3.8, 4) is 0 Å². The van der Waals surface area contributed by atoms with Crippen molar-refractivity contribution in [2.75, 3.05) is 7.11 Å². The second-order valence-electron chi connectivity index (χ2n) is 5.04. The van der Waals surface area contributed by atoms with Crippen molar-refractivity contribution in [1.82, 2.24) is 10.3 Å². The smallest absolute Gasteiger partial charge is 0.338 e. The molecule has 0 spiro atoms. The molecule has 24 heavy (non-hydrogen) atoms. The van der Waals surface area contributed by atoms with Crippen LogP contribution < -0.4 is 5.32 Å². The fourth-order valence-corrected chi connectivity index (χ4v) is 3.31. The molecule has 1 aromatic carbocycles. The summed E-state index contributed by atoms with van der Waals surface area (Å²) in [5, 5.41) is 5.78. The molecule has 0 saturated heterocycles. The maximum Gasteiger partial charge on any atom is 0.338 e. The third-order valence-electron chi connectivity index (χ3n) is 3.54. The SMILES string of the molecule is COC(=O)C1=C(C)NC(c2nccs2)=N[C@@H]1c1ccc(F)cc1Cl. The van der Waals surface area contributed by atoms with E-state index >= 15 is 0 Å². The van der Waals surface area contributed by atoms with Gasteiger partial charge in [0.2, 0.25) is 0 Å². The number of nitrogens with zero attached hydrogens (tertiary/aromatic N) is 2. The molecule has 0 unspecified atom stereocenters. The van der Waals surface area contributed by atoms with Gasteiger partial charge in [-0.15, -0.1) is 11.3 Å². The van der Waals surface area contributed by atoms with E-state index in [1.165, 1.54) is 36.6 Å². The Hall–Kier alpha value is -2.25. The minimum absolute atomic E-state index is 0.193. The maximum atomic E-state index is 13.4. The summed E-state index contributed by atoms with van der Waals surface area (Å²) in [5.74, 6) is -0.449. The highest BCUT2D eigenvalue weighted by atomic mass is 35.5. The number of esters is 1. The monoisotopic (exact) mass is 365 g/mol. The molecular weight excluding hydrogens is 353 g/mol. The Bertz CT molecular complexity index is 849. The third-order valence-corrected chi connectivity index (χ3v) is 4.65. The number of rotatable bonds is 3. The molecule has 1 aliphatic rings. The van der Waals surface area contributed by atoms with Gasteiger partial charge in [-0.3, -0.25) is 4.99 Å². The molecule has 2 heterocycles. The summed E-state index contributed by atoms with van der Waals surface area (Å²) in [5.41, 5.74) is 1.44. The molecule has 1 aromatic heterocycles. The first-order chi connectivity index (χ1) is 11.5. The number of carbonyl (C=O) groups excluding carboxylic acids is 1. The molecule has 2 aromatic rings. The Morgan fingerprint density at radius 1 is 1.46 bits per heavy atom. The van der Waals surface area contributed by atoms with Crippen molar-refractivity contribution in [2.24, 2.45) is 4.99 Å². The number of halogens is 2. The third kappa shape index (κ3) is 3.05. The number of carbonyl (C=O) groups is 1. The minimum Gasteiger partial charge on any atom is -0.466 e. The summed E-state index contributed by atoms with van der Waals surface area (Å²) >= 11 is 7.59. The van der Waals surface area contributed by atoms with Gasteiger partial charge >= 0.3 is 5.97 Å². The summed E-state index contributed by atoms with van der Waals surface area (Å²) < 4.78 is 18.2. The zero-order valence-electron chi connectivity index (χ0n) is 12.8. The molecule has 124 valence electrons. The van der Waals surface area contributed by atoms with Gasteiger partial charge in [-0.1, -0.05) is 17.7 Å².